The molecule has 18 heavy (non-hydrogen) atoms. The number of sulfonamides is 1. The molecule has 1 aromatic rings. The Morgan fingerprint density at radius 2 is 2.17 bits per heavy atom. The van der Waals surface area contributed by atoms with Gasteiger partial charge >= 0.3 is 0 Å². The molecule has 0 aliphatic heterocycles. The molecule has 0 saturated carbocycles. The van der Waals surface area contributed by atoms with Gasteiger partial charge in [0.2, 0.25) is 10.0 Å². The minimum absolute atomic E-state index is 0.0500. The molecule has 8 nitrogen and oxygen atoms in total. The molecule has 0 heterocycles. The van der Waals surface area contributed by atoms with Gasteiger partial charge in [-0.2, -0.15) is 5.26 Å². The van der Waals surface area contributed by atoms with E-state index in [1.54, 1.807) is 6.07 Å². The van der Waals surface area contributed by atoms with Crippen molar-refractivity contribution in [2.45, 2.75) is 0 Å². The molecule has 96 valence electrons. The number of benzene rings is 1. The SMILES string of the molecule is N#Cc1ccc(NCCS(N)(=O)=O)c([N+](=O)[O-])c1. The number of primary sulfonamides is 1. The molecule has 0 radical (unpaired) electrons. The Labute approximate surface area is 103 Å². The summed E-state index contributed by atoms with van der Waals surface area (Å²) < 4.78 is 21.4. The van der Waals surface area contributed by atoms with Crippen molar-refractivity contribution in [3.63, 3.8) is 0 Å². The third kappa shape index (κ3) is 4.00. The third-order valence-corrected chi connectivity index (χ3v) is 2.80. The van der Waals surface area contributed by atoms with Crippen molar-refractivity contribution < 1.29 is 13.3 Å². The van der Waals surface area contributed by atoms with Crippen molar-refractivity contribution in [1.29, 1.82) is 5.26 Å². The number of nitrogens with two attached hydrogens (primary N) is 1. The van der Waals surface area contributed by atoms with Crippen LogP contribution in [0.5, 0.6) is 0 Å². The summed E-state index contributed by atoms with van der Waals surface area (Å²) in [7, 11) is -3.62. The lowest BCUT2D eigenvalue weighted by molar-refractivity contribution is -0.384. The summed E-state index contributed by atoms with van der Waals surface area (Å²) in [6, 6.07) is 5.63. The molecule has 0 aliphatic rings. The zero-order valence-electron chi connectivity index (χ0n) is 9.16. The van der Waals surface area contributed by atoms with Crippen molar-refractivity contribution in [2.75, 3.05) is 17.6 Å². The van der Waals surface area contributed by atoms with Gasteiger partial charge in [-0.1, -0.05) is 0 Å². The van der Waals surface area contributed by atoms with Crippen molar-refractivity contribution in [3.8, 4) is 6.07 Å². The Balaban J connectivity index is 2.89. The van der Waals surface area contributed by atoms with Crippen LogP contribution in [-0.4, -0.2) is 25.6 Å². The number of nitro groups is 1. The predicted molar refractivity (Wildman–Crippen MR) is 64.3 cm³/mol. The smallest absolute Gasteiger partial charge is 0.293 e. The van der Waals surface area contributed by atoms with Crippen LogP contribution >= 0.6 is 0 Å². The molecule has 0 amide bonds. The fourth-order valence-corrected chi connectivity index (χ4v) is 1.62. The Kier molecular flexibility index (Phi) is 4.19. The molecule has 0 unspecified atom stereocenters. The first-order valence-corrected chi connectivity index (χ1v) is 6.48. The Hall–Kier alpha value is -2.18. The Morgan fingerprint density at radius 3 is 2.67 bits per heavy atom. The summed E-state index contributed by atoms with van der Waals surface area (Å²) in [5, 5.41) is 26.8. The fourth-order valence-electron chi connectivity index (χ4n) is 1.23. The van der Waals surface area contributed by atoms with Crippen LogP contribution in [0, 0.1) is 21.4 Å². The van der Waals surface area contributed by atoms with Crippen LogP contribution in [0.3, 0.4) is 0 Å². The molecule has 0 aromatic heterocycles. The average molecular weight is 270 g/mol. The maximum absolute atomic E-state index is 10.8. The van der Waals surface area contributed by atoms with E-state index in [1.165, 1.54) is 12.1 Å². The van der Waals surface area contributed by atoms with E-state index >= 15 is 0 Å². The van der Waals surface area contributed by atoms with E-state index in [1.807, 2.05) is 0 Å². The van der Waals surface area contributed by atoms with E-state index in [2.05, 4.69) is 5.32 Å². The molecule has 1 rings (SSSR count). The minimum Gasteiger partial charge on any atom is -0.378 e. The first-order chi connectivity index (χ1) is 8.33. The Bertz CT molecular complexity index is 605. The average Bonchev–Trinajstić information content (AvgIpc) is 2.27. The second-order valence-electron chi connectivity index (χ2n) is 3.39. The highest BCUT2D eigenvalue weighted by Crippen LogP contribution is 2.24. The quantitative estimate of drug-likeness (QED) is 0.577. The van der Waals surface area contributed by atoms with Gasteiger partial charge in [-0.3, -0.25) is 10.1 Å². The fraction of sp³-hybridized carbons (Fsp3) is 0.222. The third-order valence-electron chi connectivity index (χ3n) is 2.03. The highest BCUT2D eigenvalue weighted by Gasteiger charge is 2.14. The van der Waals surface area contributed by atoms with Gasteiger partial charge < -0.3 is 5.32 Å². The number of anilines is 1. The summed E-state index contributed by atoms with van der Waals surface area (Å²) in [6.07, 6.45) is 0. The maximum Gasteiger partial charge on any atom is 0.293 e. The summed E-state index contributed by atoms with van der Waals surface area (Å²) in [4.78, 5) is 10.1. The second-order valence-corrected chi connectivity index (χ2v) is 5.13. The number of hydrogen-bond donors (Lipinski definition) is 2. The van der Waals surface area contributed by atoms with Crippen molar-refractivity contribution in [1.82, 2.24) is 0 Å². The van der Waals surface area contributed by atoms with E-state index in [9.17, 15) is 18.5 Å². The van der Waals surface area contributed by atoms with Crippen LogP contribution in [-0.2, 0) is 10.0 Å². The molecule has 1 aromatic carbocycles. The van der Waals surface area contributed by atoms with E-state index in [4.69, 9.17) is 10.4 Å². The van der Waals surface area contributed by atoms with Crippen molar-refractivity contribution in [2.24, 2.45) is 5.14 Å². The van der Waals surface area contributed by atoms with Crippen LogP contribution in [0.4, 0.5) is 11.4 Å². The molecule has 0 bridgehead atoms. The van der Waals surface area contributed by atoms with Gasteiger partial charge in [0.05, 0.1) is 22.3 Å². The number of nitro benzene ring substituents is 1. The van der Waals surface area contributed by atoms with Gasteiger partial charge in [-0.05, 0) is 12.1 Å². The van der Waals surface area contributed by atoms with Gasteiger partial charge in [0.1, 0.15) is 5.69 Å². The molecule has 0 spiro atoms. The number of nitriles is 1. The summed E-state index contributed by atoms with van der Waals surface area (Å²) in [6.45, 7) is -0.0500. The standard InChI is InChI=1S/C9H10N4O4S/c10-6-7-1-2-8(9(5-7)13(14)15)12-3-4-18(11,16)17/h1-2,5,12H,3-4H2,(H2,11,16,17). The zero-order chi connectivity index (χ0) is 13.8. The van der Waals surface area contributed by atoms with Gasteiger partial charge in [-0.15, -0.1) is 0 Å². The Morgan fingerprint density at radius 1 is 1.50 bits per heavy atom. The van der Waals surface area contributed by atoms with Crippen molar-refractivity contribution >= 4 is 21.4 Å². The monoisotopic (exact) mass is 270 g/mol. The molecule has 0 fully saturated rings. The summed E-state index contributed by atoms with van der Waals surface area (Å²) >= 11 is 0. The number of nitrogens with zero attached hydrogens (tertiary/aromatic N) is 2. The first kappa shape index (κ1) is 13.9. The molecule has 0 atom stereocenters. The minimum atomic E-state index is -3.62. The highest BCUT2D eigenvalue weighted by atomic mass is 32.2. The molecule has 0 saturated heterocycles. The second kappa shape index (κ2) is 5.44. The van der Waals surface area contributed by atoms with E-state index in [0.717, 1.165) is 6.07 Å². The lowest BCUT2D eigenvalue weighted by atomic mass is 10.2. The molecule has 3 N–H and O–H groups in total. The predicted octanol–water partition coefficient (Wildman–Crippen LogP) is 0.167. The maximum atomic E-state index is 10.8. The summed E-state index contributed by atoms with van der Waals surface area (Å²) in [5.41, 5.74) is 0.00446. The van der Waals surface area contributed by atoms with Crippen LogP contribution < -0.4 is 10.5 Å². The van der Waals surface area contributed by atoms with Crippen LogP contribution in [0.2, 0.25) is 0 Å². The summed E-state index contributed by atoms with van der Waals surface area (Å²) in [5.74, 6) is -0.343. The lowest BCUT2D eigenvalue weighted by Crippen LogP contribution is -2.22. The van der Waals surface area contributed by atoms with Gasteiger partial charge in [0.25, 0.3) is 5.69 Å². The van der Waals surface area contributed by atoms with Crippen LogP contribution in [0.25, 0.3) is 0 Å². The van der Waals surface area contributed by atoms with Gasteiger partial charge in [-0.25, -0.2) is 13.6 Å². The van der Waals surface area contributed by atoms with E-state index in [-0.39, 0.29) is 29.2 Å². The van der Waals surface area contributed by atoms with Gasteiger partial charge in [0, 0.05) is 12.6 Å². The largest absolute Gasteiger partial charge is 0.378 e. The molecule has 9 heteroatoms. The molecule has 0 aliphatic carbocycles. The van der Waals surface area contributed by atoms with Crippen LogP contribution in [0.15, 0.2) is 18.2 Å². The van der Waals surface area contributed by atoms with Crippen LogP contribution in [0.1, 0.15) is 5.56 Å². The first-order valence-electron chi connectivity index (χ1n) is 4.76. The number of rotatable bonds is 5. The van der Waals surface area contributed by atoms with Crippen molar-refractivity contribution in [3.05, 3.63) is 33.9 Å². The number of nitrogens with one attached hydrogen (secondary N) is 1. The molecular weight excluding hydrogens is 260 g/mol. The van der Waals surface area contributed by atoms with E-state index in [0.29, 0.717) is 0 Å². The normalized spacial score (nSPS) is 10.7. The molecular formula is C9H10N4O4S. The topological polar surface area (TPSA) is 139 Å². The zero-order valence-corrected chi connectivity index (χ0v) is 9.98. The van der Waals surface area contributed by atoms with Gasteiger partial charge in [0.15, 0.2) is 0 Å². The lowest BCUT2D eigenvalue weighted by Gasteiger charge is -2.06. The highest BCUT2D eigenvalue weighted by molar-refractivity contribution is 7.89. The number of hydrogen-bond acceptors (Lipinski definition) is 6. The van der Waals surface area contributed by atoms with E-state index < -0.39 is 14.9 Å².